The van der Waals surface area contributed by atoms with Crippen LogP contribution in [0, 0.1) is 10.4 Å². The first-order valence-electron chi connectivity index (χ1n) is 7.67. The lowest BCUT2D eigenvalue weighted by molar-refractivity contribution is -0.377. The van der Waals surface area contributed by atoms with Crippen molar-refractivity contribution in [2.24, 2.45) is 5.73 Å². The Morgan fingerprint density at radius 2 is 1.85 bits per heavy atom. The molecule has 4 N–H and O–H groups in total. The summed E-state index contributed by atoms with van der Waals surface area (Å²) in [5.74, 6) is -0.420. The van der Waals surface area contributed by atoms with Crippen molar-refractivity contribution in [1.29, 1.82) is 0 Å². The Kier molecular flexibility index (Phi) is 4.61. The number of primary amides is 1. The van der Waals surface area contributed by atoms with Crippen LogP contribution >= 0.6 is 0 Å². The predicted octanol–water partition coefficient (Wildman–Crippen LogP) is 1.29. The van der Waals surface area contributed by atoms with Gasteiger partial charge in [0.2, 0.25) is 5.71 Å². The third-order valence-corrected chi connectivity index (χ3v) is 3.93. The lowest BCUT2D eigenvalue weighted by Gasteiger charge is -2.18. The zero-order valence-corrected chi connectivity index (χ0v) is 13.5. The minimum atomic E-state index is -0.798. The van der Waals surface area contributed by atoms with Crippen LogP contribution in [-0.2, 0) is 4.74 Å². The standard InChI is InChI=1S/C17H15N4O5/c18-17(23)20-19-14(10-5-7-11(8-6-10)21(24)25)9-15-12-3-1-2-4-13(12)16(22)26-15/h1-8,15,19H,9H2,(H3-,18,20,23,24,25)/q-1. The van der Waals surface area contributed by atoms with Gasteiger partial charge in [0.05, 0.1) is 5.56 Å². The normalized spacial score (nSPS) is 17.5. The van der Waals surface area contributed by atoms with Gasteiger partial charge < -0.3 is 26.3 Å². The Bertz CT molecular complexity index is 863. The second-order valence-corrected chi connectivity index (χ2v) is 5.58. The highest BCUT2D eigenvalue weighted by Gasteiger charge is 2.31. The van der Waals surface area contributed by atoms with Crippen molar-refractivity contribution in [3.05, 3.63) is 81.4 Å². The van der Waals surface area contributed by atoms with Crippen LogP contribution < -0.4 is 16.6 Å². The van der Waals surface area contributed by atoms with Gasteiger partial charge in [-0.2, -0.15) is 4.90 Å². The number of nitrogens with two attached hydrogens (primary N) is 1. The SMILES string of the molecule is NC(=O)NNC(CC1OC(=O)c2ccccc21)=C1C=CC(=[N+]([O-])[O-])C=C1. The van der Waals surface area contributed by atoms with Crippen LogP contribution in [0.3, 0.4) is 0 Å². The van der Waals surface area contributed by atoms with Crippen molar-refractivity contribution in [1.82, 2.24) is 10.9 Å². The van der Waals surface area contributed by atoms with Crippen molar-refractivity contribution >= 4 is 17.7 Å². The third kappa shape index (κ3) is 3.51. The van der Waals surface area contributed by atoms with Crippen LogP contribution in [0.2, 0.25) is 0 Å². The molecule has 0 saturated carbocycles. The first kappa shape index (κ1) is 17.1. The Morgan fingerprint density at radius 1 is 1.15 bits per heavy atom. The lowest BCUT2D eigenvalue weighted by atomic mass is 9.98. The number of carbonyl (C=O) groups is 2. The number of cyclic esters (lactones) is 1. The number of hydrogen-bond acceptors (Lipinski definition) is 6. The molecule has 26 heavy (non-hydrogen) atoms. The molecule has 0 spiro atoms. The fourth-order valence-electron chi connectivity index (χ4n) is 2.72. The van der Waals surface area contributed by atoms with Crippen LogP contribution in [0.4, 0.5) is 4.79 Å². The maximum absolute atomic E-state index is 12.0. The third-order valence-electron chi connectivity index (χ3n) is 3.93. The Balaban J connectivity index is 1.89. The Morgan fingerprint density at radius 3 is 2.50 bits per heavy atom. The summed E-state index contributed by atoms with van der Waals surface area (Å²) in [4.78, 5) is 22.5. The number of allylic oxidation sites excluding steroid dienone is 5. The fourth-order valence-corrected chi connectivity index (χ4v) is 2.72. The summed E-state index contributed by atoms with van der Waals surface area (Å²) in [6.45, 7) is 0. The van der Waals surface area contributed by atoms with E-state index in [-0.39, 0.29) is 12.1 Å². The number of esters is 1. The van der Waals surface area contributed by atoms with Crippen molar-refractivity contribution in [2.45, 2.75) is 12.5 Å². The van der Waals surface area contributed by atoms with Gasteiger partial charge in [0.1, 0.15) is 6.10 Å². The molecule has 1 aromatic carbocycles. The van der Waals surface area contributed by atoms with Crippen molar-refractivity contribution in [2.75, 3.05) is 0 Å². The lowest BCUT2D eigenvalue weighted by Crippen LogP contribution is -2.41. The molecule has 2 amide bonds. The van der Waals surface area contributed by atoms with Gasteiger partial charge in [-0.15, -0.1) is 0 Å². The summed E-state index contributed by atoms with van der Waals surface area (Å²) in [6, 6.07) is 6.22. The van der Waals surface area contributed by atoms with Crippen LogP contribution in [-0.4, -0.2) is 22.6 Å². The topological polar surface area (TPSA) is 143 Å². The molecular weight excluding hydrogens is 340 g/mol. The molecule has 0 fully saturated rings. The predicted molar refractivity (Wildman–Crippen MR) is 92.4 cm³/mol. The number of carbonyl (C=O) groups excluding carboxylic acids is 2. The number of rotatable bonds is 4. The number of hydrogen-bond donors (Lipinski definition) is 3. The zero-order chi connectivity index (χ0) is 18.7. The first-order valence-corrected chi connectivity index (χ1v) is 7.67. The van der Waals surface area contributed by atoms with E-state index in [0.29, 0.717) is 16.8 Å². The molecule has 0 aromatic heterocycles. The van der Waals surface area contributed by atoms with Crippen LogP contribution in [0.5, 0.6) is 0 Å². The van der Waals surface area contributed by atoms with Crippen molar-refractivity contribution in [3.8, 4) is 0 Å². The number of nitrogens with one attached hydrogen (secondary N) is 2. The first-order chi connectivity index (χ1) is 12.5. The van der Waals surface area contributed by atoms with Gasteiger partial charge in [0.15, 0.2) is 0 Å². The average Bonchev–Trinajstić information content (AvgIpc) is 2.95. The molecule has 134 valence electrons. The molecule has 2 aliphatic rings. The Hall–Kier alpha value is -3.75. The molecule has 1 aliphatic heterocycles. The molecule has 0 saturated heterocycles. The highest BCUT2D eigenvalue weighted by atomic mass is 16.8. The molecule has 1 unspecified atom stereocenters. The molecule has 1 atom stereocenters. The quantitative estimate of drug-likeness (QED) is 0.422. The van der Waals surface area contributed by atoms with E-state index >= 15 is 0 Å². The summed E-state index contributed by atoms with van der Waals surface area (Å²) in [5, 5.41) is 21.6. The van der Waals surface area contributed by atoms with E-state index in [2.05, 4.69) is 10.9 Å². The van der Waals surface area contributed by atoms with Crippen molar-refractivity contribution in [3.63, 3.8) is 0 Å². The molecule has 1 heterocycles. The number of hydrazine groups is 1. The average molecular weight is 355 g/mol. The summed E-state index contributed by atoms with van der Waals surface area (Å²) in [7, 11) is 0. The summed E-state index contributed by atoms with van der Waals surface area (Å²) in [5.41, 5.74) is 12.3. The smallest absolute Gasteiger partial charge is 0.339 e. The molecule has 1 aromatic rings. The maximum Gasteiger partial charge on any atom is 0.339 e. The van der Waals surface area contributed by atoms with E-state index < -0.39 is 23.0 Å². The number of fused-ring (bicyclic) bond motifs is 1. The van der Waals surface area contributed by atoms with Gasteiger partial charge >= 0.3 is 12.0 Å². The Labute approximate surface area is 148 Å². The van der Waals surface area contributed by atoms with Gasteiger partial charge in [0.25, 0.3) is 0 Å². The monoisotopic (exact) mass is 355 g/mol. The highest BCUT2D eigenvalue weighted by Crippen LogP contribution is 2.35. The van der Waals surface area contributed by atoms with Gasteiger partial charge in [0, 0.05) is 29.8 Å². The van der Waals surface area contributed by atoms with E-state index in [0.717, 1.165) is 5.56 Å². The van der Waals surface area contributed by atoms with Crippen LogP contribution in [0.25, 0.3) is 0 Å². The summed E-state index contributed by atoms with van der Waals surface area (Å²) < 4.78 is 5.40. The largest absolute Gasteiger partial charge is 0.612 e. The maximum atomic E-state index is 12.0. The second-order valence-electron chi connectivity index (χ2n) is 5.58. The highest BCUT2D eigenvalue weighted by molar-refractivity contribution is 6.02. The van der Waals surface area contributed by atoms with Crippen LogP contribution in [0.1, 0.15) is 28.4 Å². The fraction of sp³-hybridized carbons (Fsp3) is 0.118. The van der Waals surface area contributed by atoms with E-state index in [4.69, 9.17) is 10.5 Å². The van der Waals surface area contributed by atoms with Crippen molar-refractivity contribution < 1.29 is 19.2 Å². The summed E-state index contributed by atoms with van der Waals surface area (Å²) >= 11 is 0. The number of benzene rings is 1. The molecule has 3 rings (SSSR count). The van der Waals surface area contributed by atoms with E-state index in [1.807, 2.05) is 0 Å². The minimum Gasteiger partial charge on any atom is -0.612 e. The molecule has 1 aliphatic carbocycles. The minimum absolute atomic E-state index is 0.0615. The van der Waals surface area contributed by atoms with E-state index in [1.54, 1.807) is 24.3 Å². The van der Waals surface area contributed by atoms with E-state index in [1.165, 1.54) is 24.3 Å². The number of amides is 2. The number of nitrogens with zero attached hydrogens (tertiary/aromatic N) is 1. The molecule has 0 radical (unpaired) electrons. The molecule has 9 nitrogen and oxygen atoms in total. The van der Waals surface area contributed by atoms with Gasteiger partial charge in [-0.3, -0.25) is 5.43 Å². The second kappa shape index (κ2) is 7.01. The summed E-state index contributed by atoms with van der Waals surface area (Å²) in [6.07, 6.45) is 5.43. The molecule has 9 heteroatoms. The van der Waals surface area contributed by atoms with E-state index in [9.17, 15) is 20.0 Å². The van der Waals surface area contributed by atoms with Gasteiger partial charge in [-0.05, 0) is 23.8 Å². The number of urea groups is 1. The van der Waals surface area contributed by atoms with Crippen LogP contribution in [0.15, 0.2) is 59.8 Å². The van der Waals surface area contributed by atoms with Gasteiger partial charge in [-0.25, -0.2) is 9.59 Å². The zero-order valence-electron chi connectivity index (χ0n) is 13.5. The molecule has 0 bridgehead atoms. The molecular formula is C17H15N4O5-. The van der Waals surface area contributed by atoms with Gasteiger partial charge in [-0.1, -0.05) is 18.2 Å². The number of ether oxygens (including phenoxy) is 1.